The number of amides is 3. The van der Waals surface area contributed by atoms with Gasteiger partial charge in [0.25, 0.3) is 11.8 Å². The molecule has 5 aromatic rings. The highest BCUT2D eigenvalue weighted by Gasteiger charge is 2.50. The van der Waals surface area contributed by atoms with E-state index in [4.69, 9.17) is 0 Å². The first-order chi connectivity index (χ1) is 20.7. The van der Waals surface area contributed by atoms with E-state index in [1.54, 1.807) is 18.5 Å². The molecule has 0 radical (unpaired) electrons. The van der Waals surface area contributed by atoms with Gasteiger partial charge in [-0.25, -0.2) is 0 Å². The fourth-order valence-corrected chi connectivity index (χ4v) is 6.53. The number of aromatic amines is 2. The number of pyridine rings is 1. The summed E-state index contributed by atoms with van der Waals surface area (Å²) in [6.07, 6.45) is 4.27. The van der Waals surface area contributed by atoms with Crippen LogP contribution in [0.2, 0.25) is 0 Å². The summed E-state index contributed by atoms with van der Waals surface area (Å²) in [4.78, 5) is 55.1. The SMILES string of the molecule is CC(C)(C)[C@H](NC(=O)c1cc2ccccc2[nH]1)C(=O)N1C[C@@H]2C[C@H]1CN2C(=O)c1cc2cc(-c3ccncc3)ccc2[nH]1. The number of benzene rings is 2. The monoisotopic (exact) mass is 574 g/mol. The second kappa shape index (κ2) is 10.1. The summed E-state index contributed by atoms with van der Waals surface area (Å²) in [5.74, 6) is -0.469. The van der Waals surface area contributed by atoms with E-state index in [1.165, 1.54) is 0 Å². The van der Waals surface area contributed by atoms with E-state index in [1.807, 2.05) is 85.2 Å². The molecule has 5 heterocycles. The molecule has 0 spiro atoms. The van der Waals surface area contributed by atoms with E-state index in [2.05, 4.69) is 26.3 Å². The molecule has 2 fully saturated rings. The van der Waals surface area contributed by atoms with Gasteiger partial charge in [-0.2, -0.15) is 0 Å². The Morgan fingerprint density at radius 3 is 2.21 bits per heavy atom. The minimum atomic E-state index is -0.710. The highest BCUT2D eigenvalue weighted by molar-refractivity contribution is 6.01. The fourth-order valence-electron chi connectivity index (χ4n) is 6.53. The van der Waals surface area contributed by atoms with Crippen LogP contribution in [0, 0.1) is 5.41 Å². The summed E-state index contributed by atoms with van der Waals surface area (Å²) in [6.45, 7) is 6.81. The van der Waals surface area contributed by atoms with Crippen LogP contribution in [0.5, 0.6) is 0 Å². The van der Waals surface area contributed by atoms with Crippen molar-refractivity contribution in [1.82, 2.24) is 30.1 Å². The lowest BCUT2D eigenvalue weighted by Gasteiger charge is -2.39. The zero-order valence-corrected chi connectivity index (χ0v) is 24.4. The topological polar surface area (TPSA) is 114 Å². The number of carbonyl (C=O) groups is 3. The van der Waals surface area contributed by atoms with Gasteiger partial charge in [-0.15, -0.1) is 0 Å². The smallest absolute Gasteiger partial charge is 0.270 e. The highest BCUT2D eigenvalue weighted by Crippen LogP contribution is 2.35. The predicted molar refractivity (Wildman–Crippen MR) is 165 cm³/mol. The lowest BCUT2D eigenvalue weighted by molar-refractivity contribution is -0.138. The highest BCUT2D eigenvalue weighted by atomic mass is 16.2. The summed E-state index contributed by atoms with van der Waals surface area (Å²) in [6, 6.07) is 20.6. The van der Waals surface area contributed by atoms with E-state index in [0.29, 0.717) is 24.5 Å². The fraction of sp³-hybridized carbons (Fsp3) is 0.294. The lowest BCUT2D eigenvalue weighted by Crippen LogP contribution is -2.59. The number of nitrogens with zero attached hydrogens (tertiary/aromatic N) is 3. The number of carbonyl (C=O) groups excluding carboxylic acids is 3. The average molecular weight is 575 g/mol. The first-order valence-electron chi connectivity index (χ1n) is 14.7. The third-order valence-electron chi connectivity index (χ3n) is 8.81. The van der Waals surface area contributed by atoms with Crippen LogP contribution < -0.4 is 5.32 Å². The van der Waals surface area contributed by atoms with E-state index >= 15 is 0 Å². The Labute approximate surface area is 249 Å². The van der Waals surface area contributed by atoms with Crippen molar-refractivity contribution < 1.29 is 14.4 Å². The molecule has 9 heteroatoms. The van der Waals surface area contributed by atoms with Crippen LogP contribution in [0.1, 0.15) is 48.2 Å². The number of fused-ring (bicyclic) bond motifs is 4. The number of H-pyrrole nitrogens is 2. The normalized spacial score (nSPS) is 18.9. The molecule has 3 N–H and O–H groups in total. The number of likely N-dealkylation sites (tertiary alicyclic amines) is 2. The first kappa shape index (κ1) is 26.9. The van der Waals surface area contributed by atoms with Crippen LogP contribution in [-0.4, -0.2) is 73.7 Å². The van der Waals surface area contributed by atoms with Gasteiger partial charge in [0.05, 0.1) is 12.1 Å². The van der Waals surface area contributed by atoms with Crippen molar-refractivity contribution in [1.29, 1.82) is 0 Å². The number of hydrogen-bond donors (Lipinski definition) is 3. The van der Waals surface area contributed by atoms with Crippen LogP contribution in [0.15, 0.2) is 79.1 Å². The molecule has 2 aliphatic rings. The Morgan fingerprint density at radius 2 is 1.49 bits per heavy atom. The van der Waals surface area contributed by atoms with E-state index < -0.39 is 11.5 Å². The number of para-hydroxylation sites is 1. The van der Waals surface area contributed by atoms with E-state index in [-0.39, 0.29) is 29.8 Å². The molecule has 2 aliphatic heterocycles. The Balaban J connectivity index is 1.05. The molecule has 3 aromatic heterocycles. The van der Waals surface area contributed by atoms with Gasteiger partial charge < -0.3 is 25.1 Å². The molecule has 2 bridgehead atoms. The summed E-state index contributed by atoms with van der Waals surface area (Å²) in [5, 5.41) is 4.92. The molecule has 0 saturated carbocycles. The van der Waals surface area contributed by atoms with Crippen LogP contribution in [0.4, 0.5) is 0 Å². The molecule has 0 aliphatic carbocycles. The van der Waals surface area contributed by atoms with Crippen molar-refractivity contribution in [2.75, 3.05) is 13.1 Å². The van der Waals surface area contributed by atoms with Gasteiger partial charge in [0.1, 0.15) is 17.4 Å². The quantitative estimate of drug-likeness (QED) is 0.275. The zero-order valence-electron chi connectivity index (χ0n) is 24.4. The summed E-state index contributed by atoms with van der Waals surface area (Å²) in [5.41, 5.74) is 4.37. The maximum atomic E-state index is 13.9. The van der Waals surface area contributed by atoms with Crippen molar-refractivity contribution in [3.05, 3.63) is 90.5 Å². The van der Waals surface area contributed by atoms with Gasteiger partial charge in [-0.3, -0.25) is 19.4 Å². The van der Waals surface area contributed by atoms with Crippen molar-refractivity contribution in [3.8, 4) is 11.1 Å². The molecular formula is C34H34N6O3. The summed E-state index contributed by atoms with van der Waals surface area (Å²) in [7, 11) is 0. The standard InChI is InChI=1S/C34H34N6O3/c1-34(2,3)30(38-31(41)28-15-22-6-4-5-7-26(22)36-28)33(43)40-19-24-17-25(40)18-39(24)32(42)29-16-23-14-21(8-9-27(23)37-29)20-10-12-35-13-11-20/h4-16,24-25,30,36-37H,17-19H2,1-3H3,(H,38,41)/t24-,25-,30+/m0/s1. The third kappa shape index (κ3) is 4.84. The largest absolute Gasteiger partial charge is 0.351 e. The summed E-state index contributed by atoms with van der Waals surface area (Å²) >= 11 is 0. The van der Waals surface area contributed by atoms with Crippen molar-refractivity contribution in [2.45, 2.75) is 45.3 Å². The van der Waals surface area contributed by atoms with Crippen molar-refractivity contribution >= 4 is 39.5 Å². The number of piperazine rings is 1. The first-order valence-corrected chi connectivity index (χ1v) is 14.7. The van der Waals surface area contributed by atoms with Gasteiger partial charge in [-0.1, -0.05) is 45.0 Å². The predicted octanol–water partition coefficient (Wildman–Crippen LogP) is 4.98. The van der Waals surface area contributed by atoms with E-state index in [9.17, 15) is 14.4 Å². The zero-order chi connectivity index (χ0) is 29.9. The lowest BCUT2D eigenvalue weighted by atomic mass is 9.85. The van der Waals surface area contributed by atoms with Crippen LogP contribution in [0.25, 0.3) is 32.9 Å². The van der Waals surface area contributed by atoms with Crippen molar-refractivity contribution in [2.24, 2.45) is 5.41 Å². The molecule has 43 heavy (non-hydrogen) atoms. The van der Waals surface area contributed by atoms with E-state index in [0.717, 1.165) is 39.4 Å². The molecule has 7 rings (SSSR count). The minimum Gasteiger partial charge on any atom is -0.351 e. The van der Waals surface area contributed by atoms with Gasteiger partial charge in [-0.05, 0) is 65.4 Å². The molecule has 218 valence electrons. The van der Waals surface area contributed by atoms with Crippen molar-refractivity contribution in [3.63, 3.8) is 0 Å². The van der Waals surface area contributed by atoms with Gasteiger partial charge in [0, 0.05) is 47.3 Å². The van der Waals surface area contributed by atoms with Crippen LogP contribution in [0.3, 0.4) is 0 Å². The second-order valence-corrected chi connectivity index (χ2v) is 12.8. The molecule has 9 nitrogen and oxygen atoms in total. The number of hydrogen-bond acceptors (Lipinski definition) is 4. The van der Waals surface area contributed by atoms with Gasteiger partial charge in [0.15, 0.2) is 0 Å². The minimum absolute atomic E-state index is 0.0549. The molecule has 2 saturated heterocycles. The molecule has 0 unspecified atom stereocenters. The average Bonchev–Trinajstić information content (AvgIpc) is 3.80. The molecule has 2 aromatic carbocycles. The van der Waals surface area contributed by atoms with Crippen LogP contribution >= 0.6 is 0 Å². The molecular weight excluding hydrogens is 540 g/mol. The number of nitrogens with one attached hydrogen (secondary N) is 3. The molecule has 3 atom stereocenters. The van der Waals surface area contributed by atoms with Gasteiger partial charge >= 0.3 is 0 Å². The third-order valence-corrected chi connectivity index (χ3v) is 8.81. The van der Waals surface area contributed by atoms with Crippen LogP contribution in [-0.2, 0) is 4.79 Å². The maximum absolute atomic E-state index is 13.9. The van der Waals surface area contributed by atoms with Gasteiger partial charge in [0.2, 0.25) is 5.91 Å². The Bertz CT molecular complexity index is 1830. The Kier molecular flexibility index (Phi) is 6.34. The Morgan fingerprint density at radius 1 is 0.814 bits per heavy atom. The maximum Gasteiger partial charge on any atom is 0.270 e. The number of rotatable bonds is 5. The molecule has 3 amide bonds. The Hall–Kier alpha value is -4.92. The number of aromatic nitrogens is 3. The second-order valence-electron chi connectivity index (χ2n) is 12.8. The summed E-state index contributed by atoms with van der Waals surface area (Å²) < 4.78 is 0.